The summed E-state index contributed by atoms with van der Waals surface area (Å²) >= 11 is 0. The first kappa shape index (κ1) is 16.8. The van der Waals surface area contributed by atoms with Crippen LogP contribution in [-0.4, -0.2) is 30.7 Å². The number of nitrogens with one attached hydrogen (secondary N) is 2. The topological polar surface area (TPSA) is 95.5 Å². The van der Waals surface area contributed by atoms with E-state index in [4.69, 9.17) is 0 Å². The average Bonchev–Trinajstić information content (AvgIpc) is 2.43. The monoisotopic (exact) mass is 364 g/mol. The number of sulfonamides is 1. The van der Waals surface area contributed by atoms with Gasteiger partial charge in [0.25, 0.3) is 10.0 Å². The molecule has 0 radical (unpaired) electrons. The van der Waals surface area contributed by atoms with E-state index in [1.165, 1.54) is 12.1 Å². The highest BCUT2D eigenvalue weighted by atomic mass is 32.2. The predicted octanol–water partition coefficient (Wildman–Crippen LogP) is 2.07. The number of rotatable bonds is 3. The first-order valence-corrected chi connectivity index (χ1v) is 10.3. The van der Waals surface area contributed by atoms with E-state index >= 15 is 0 Å². The largest absolute Gasteiger partial charge is 0.390 e. The highest BCUT2D eigenvalue weighted by Gasteiger charge is 2.57. The maximum Gasteiger partial charge on any atom is 0.329 e. The second-order valence-corrected chi connectivity index (χ2v) is 10.0. The molecule has 4 atom stereocenters. The van der Waals surface area contributed by atoms with Crippen LogP contribution in [-0.2, 0) is 10.0 Å². The summed E-state index contributed by atoms with van der Waals surface area (Å²) in [7, 11) is -3.90. The van der Waals surface area contributed by atoms with Gasteiger partial charge in [0.15, 0.2) is 0 Å². The quantitative estimate of drug-likeness (QED) is 0.765. The molecule has 0 spiro atoms. The third kappa shape index (κ3) is 3.15. The van der Waals surface area contributed by atoms with Crippen LogP contribution in [0.25, 0.3) is 0 Å². The Balaban J connectivity index is 1.48. The Morgan fingerprint density at radius 3 is 2.28 bits per heavy atom. The van der Waals surface area contributed by atoms with Gasteiger partial charge < -0.3 is 10.4 Å². The molecule has 5 rings (SSSR count). The Kier molecular flexibility index (Phi) is 3.67. The smallest absolute Gasteiger partial charge is 0.329 e. The third-order valence-electron chi connectivity index (χ3n) is 5.97. The molecule has 4 bridgehead atoms. The van der Waals surface area contributed by atoms with Crippen LogP contribution < -0.4 is 10.0 Å². The van der Waals surface area contributed by atoms with Crippen molar-refractivity contribution in [2.75, 3.05) is 0 Å². The molecule has 0 aromatic heterocycles. The summed E-state index contributed by atoms with van der Waals surface area (Å²) in [6.45, 7) is 1.87. The van der Waals surface area contributed by atoms with Gasteiger partial charge in [0.05, 0.1) is 10.5 Å². The molecule has 0 heterocycles. The van der Waals surface area contributed by atoms with Crippen LogP contribution in [0.3, 0.4) is 0 Å². The summed E-state index contributed by atoms with van der Waals surface area (Å²) in [5.74, 6) is 0.834. The highest BCUT2D eigenvalue weighted by molar-refractivity contribution is 7.90. The summed E-state index contributed by atoms with van der Waals surface area (Å²) in [5.41, 5.74) is -0.232. The first-order valence-electron chi connectivity index (χ1n) is 8.81. The SMILES string of the molecule is Cc1ccc(S(=O)(=O)NC(=O)NC23C[C@@H]4C[C@@H](CC(O)(C4)C2)C3)cc1. The molecule has 4 aliphatic rings. The number of benzene rings is 1. The minimum atomic E-state index is -3.90. The number of aliphatic hydroxyl groups is 1. The van der Waals surface area contributed by atoms with Gasteiger partial charge in [-0.25, -0.2) is 17.9 Å². The van der Waals surface area contributed by atoms with Crippen LogP contribution in [0, 0.1) is 18.8 Å². The molecule has 2 amide bonds. The van der Waals surface area contributed by atoms with Crippen molar-refractivity contribution in [3.63, 3.8) is 0 Å². The molecule has 3 N–H and O–H groups in total. The minimum Gasteiger partial charge on any atom is -0.390 e. The average molecular weight is 364 g/mol. The minimum absolute atomic E-state index is 0.0670. The molecule has 6 nitrogen and oxygen atoms in total. The molecule has 4 saturated carbocycles. The van der Waals surface area contributed by atoms with Crippen molar-refractivity contribution in [3.8, 4) is 0 Å². The molecular formula is C18H24N2O4S. The number of urea groups is 1. The number of hydrogen-bond donors (Lipinski definition) is 3. The molecule has 1 aromatic rings. The number of aryl methyl sites for hydroxylation is 1. The molecule has 136 valence electrons. The fourth-order valence-electron chi connectivity index (χ4n) is 5.53. The van der Waals surface area contributed by atoms with Gasteiger partial charge >= 0.3 is 6.03 Å². The fraction of sp³-hybridized carbons (Fsp3) is 0.611. The predicted molar refractivity (Wildman–Crippen MR) is 92.4 cm³/mol. The first-order chi connectivity index (χ1) is 11.7. The number of carbonyl (C=O) groups excluding carboxylic acids is 1. The van der Waals surface area contributed by atoms with Crippen molar-refractivity contribution in [3.05, 3.63) is 29.8 Å². The van der Waals surface area contributed by atoms with Crippen LogP contribution in [0.2, 0.25) is 0 Å². The van der Waals surface area contributed by atoms with Gasteiger partial charge in [-0.15, -0.1) is 0 Å². The van der Waals surface area contributed by atoms with Gasteiger partial charge in [0.2, 0.25) is 0 Å². The number of hydrogen-bond acceptors (Lipinski definition) is 4. The van der Waals surface area contributed by atoms with E-state index in [9.17, 15) is 18.3 Å². The molecule has 7 heteroatoms. The van der Waals surface area contributed by atoms with E-state index < -0.39 is 27.2 Å². The lowest BCUT2D eigenvalue weighted by Gasteiger charge is -2.60. The summed E-state index contributed by atoms with van der Waals surface area (Å²) in [5, 5.41) is 13.6. The zero-order chi connectivity index (χ0) is 17.9. The summed E-state index contributed by atoms with van der Waals surface area (Å²) in [4.78, 5) is 12.5. The molecule has 0 aliphatic heterocycles. The van der Waals surface area contributed by atoms with Crippen LogP contribution in [0.4, 0.5) is 4.79 Å². The van der Waals surface area contributed by atoms with Gasteiger partial charge in [0.1, 0.15) is 0 Å². The third-order valence-corrected chi connectivity index (χ3v) is 7.31. The van der Waals surface area contributed by atoms with Gasteiger partial charge in [0, 0.05) is 5.54 Å². The van der Waals surface area contributed by atoms with E-state index in [1.54, 1.807) is 12.1 Å². The zero-order valence-corrected chi connectivity index (χ0v) is 15.1. The van der Waals surface area contributed by atoms with Crippen LogP contribution >= 0.6 is 0 Å². The Labute approximate surface area is 148 Å². The maximum absolute atomic E-state index is 12.4. The zero-order valence-electron chi connectivity index (χ0n) is 14.3. The van der Waals surface area contributed by atoms with E-state index in [0.717, 1.165) is 37.7 Å². The van der Waals surface area contributed by atoms with E-state index in [-0.39, 0.29) is 4.90 Å². The molecule has 2 unspecified atom stereocenters. The van der Waals surface area contributed by atoms with Crippen molar-refractivity contribution in [2.24, 2.45) is 11.8 Å². The van der Waals surface area contributed by atoms with Crippen molar-refractivity contribution in [1.29, 1.82) is 0 Å². The molecule has 4 fully saturated rings. The lowest BCUT2D eigenvalue weighted by Crippen LogP contribution is -2.66. The van der Waals surface area contributed by atoms with Gasteiger partial charge in [-0.1, -0.05) is 17.7 Å². The molecule has 0 saturated heterocycles. The second kappa shape index (κ2) is 5.45. The van der Waals surface area contributed by atoms with Gasteiger partial charge in [-0.05, 0) is 69.4 Å². The summed E-state index contributed by atoms with van der Waals surface area (Å²) < 4.78 is 26.9. The Hall–Kier alpha value is -1.60. The Morgan fingerprint density at radius 2 is 1.72 bits per heavy atom. The number of carbonyl (C=O) groups is 1. The lowest BCUT2D eigenvalue weighted by molar-refractivity contribution is -0.139. The normalized spacial score (nSPS) is 36.2. The van der Waals surface area contributed by atoms with Gasteiger partial charge in [-0.3, -0.25) is 0 Å². The number of amides is 2. The Morgan fingerprint density at radius 1 is 1.12 bits per heavy atom. The second-order valence-electron chi connectivity index (χ2n) is 8.34. The van der Waals surface area contributed by atoms with Crippen LogP contribution in [0.5, 0.6) is 0 Å². The Bertz CT molecular complexity index is 789. The van der Waals surface area contributed by atoms with Crippen molar-refractivity contribution < 1.29 is 18.3 Å². The molecule has 1 aromatic carbocycles. The van der Waals surface area contributed by atoms with Crippen molar-refractivity contribution >= 4 is 16.1 Å². The van der Waals surface area contributed by atoms with E-state index in [0.29, 0.717) is 18.3 Å². The van der Waals surface area contributed by atoms with Gasteiger partial charge in [-0.2, -0.15) is 0 Å². The molecule has 4 aliphatic carbocycles. The van der Waals surface area contributed by atoms with Crippen molar-refractivity contribution in [2.45, 2.75) is 61.5 Å². The summed E-state index contributed by atoms with van der Waals surface area (Å²) in [6.07, 6.45) is 4.88. The standard InChI is InChI=1S/C18H24N2O4S/c1-12-2-4-15(5-3-12)25(23,24)20-16(21)19-17-7-13-6-14(8-17)10-18(22,9-13)11-17/h2-5,13-14,22H,6-11H2,1H3,(H2,19,20,21)/t13-,14+,17?,18?. The fourth-order valence-corrected chi connectivity index (χ4v) is 6.43. The van der Waals surface area contributed by atoms with Crippen LogP contribution in [0.1, 0.15) is 44.1 Å². The highest BCUT2D eigenvalue weighted by Crippen LogP contribution is 2.57. The van der Waals surface area contributed by atoms with Crippen LogP contribution in [0.15, 0.2) is 29.2 Å². The van der Waals surface area contributed by atoms with E-state index in [2.05, 4.69) is 10.0 Å². The molecule has 25 heavy (non-hydrogen) atoms. The summed E-state index contributed by atoms with van der Waals surface area (Å²) in [6, 6.07) is 5.66. The lowest BCUT2D eigenvalue weighted by atomic mass is 9.51. The van der Waals surface area contributed by atoms with E-state index in [1.807, 2.05) is 6.92 Å². The maximum atomic E-state index is 12.4. The molecular weight excluding hydrogens is 340 g/mol. The van der Waals surface area contributed by atoms with Crippen molar-refractivity contribution in [1.82, 2.24) is 10.0 Å².